The normalized spacial score (nSPS) is 37.1. The molecule has 4 rings (SSSR count). The molecule has 8 nitrogen and oxygen atoms in total. The summed E-state index contributed by atoms with van der Waals surface area (Å²) in [6, 6.07) is 9.96. The van der Waals surface area contributed by atoms with E-state index in [4.69, 9.17) is 18.9 Å². The van der Waals surface area contributed by atoms with Crippen LogP contribution in [-0.4, -0.2) is 54.1 Å². The van der Waals surface area contributed by atoms with Crippen LogP contribution < -0.4 is 5.32 Å². The van der Waals surface area contributed by atoms with E-state index in [0.29, 0.717) is 13.2 Å². The van der Waals surface area contributed by atoms with Crippen LogP contribution in [0, 0.1) is 0 Å². The molecule has 0 aromatic heterocycles. The van der Waals surface area contributed by atoms with Crippen molar-refractivity contribution in [3.63, 3.8) is 0 Å². The molecule has 5 atom stereocenters. The fourth-order valence-electron chi connectivity index (χ4n) is 3.86. The standard InChI is InChI=1S/C18H24N4O4S/c1-17(2)25-14-13(11-23-10-12-6-4-3-5-7-12)24-18(21-22-19,15(14)26-17)16-20-8-9-27-16/h3-7,13-16,20H,8-11H2,1-2H3/t13-,14-,15-,16?,18+/m1/s1. The van der Waals surface area contributed by atoms with Crippen LogP contribution in [0.4, 0.5) is 0 Å². The van der Waals surface area contributed by atoms with Gasteiger partial charge < -0.3 is 24.3 Å². The molecular formula is C18H24N4O4S. The highest BCUT2D eigenvalue weighted by Gasteiger charge is 2.66. The summed E-state index contributed by atoms with van der Waals surface area (Å²) in [7, 11) is 0. The molecule has 1 aromatic rings. The van der Waals surface area contributed by atoms with Crippen LogP contribution in [0.2, 0.25) is 0 Å². The van der Waals surface area contributed by atoms with Crippen molar-refractivity contribution < 1.29 is 18.9 Å². The second-order valence-electron chi connectivity index (χ2n) is 7.32. The maximum atomic E-state index is 9.23. The Hall–Kier alpha value is -1.32. The number of azide groups is 1. The minimum atomic E-state index is -1.16. The van der Waals surface area contributed by atoms with Crippen molar-refractivity contribution in [3.05, 3.63) is 46.3 Å². The van der Waals surface area contributed by atoms with Crippen LogP contribution in [0.5, 0.6) is 0 Å². The van der Waals surface area contributed by atoms with Crippen LogP contribution in [0.1, 0.15) is 19.4 Å². The summed E-state index contributed by atoms with van der Waals surface area (Å²) in [5.41, 5.74) is 9.16. The van der Waals surface area contributed by atoms with E-state index < -0.39 is 17.6 Å². The molecule has 0 spiro atoms. The molecule has 3 aliphatic heterocycles. The number of rotatable bonds is 6. The Labute approximate surface area is 162 Å². The average molecular weight is 392 g/mol. The summed E-state index contributed by atoms with van der Waals surface area (Å²) in [6.45, 7) is 5.37. The number of nitrogens with zero attached hydrogens (tertiary/aromatic N) is 3. The summed E-state index contributed by atoms with van der Waals surface area (Å²) in [4.78, 5) is 3.08. The van der Waals surface area contributed by atoms with Crippen LogP contribution in [0.3, 0.4) is 0 Å². The molecule has 0 radical (unpaired) electrons. The maximum Gasteiger partial charge on any atom is 0.200 e. The highest BCUT2D eigenvalue weighted by molar-refractivity contribution is 8.00. The molecule has 3 fully saturated rings. The van der Waals surface area contributed by atoms with E-state index in [2.05, 4.69) is 15.3 Å². The SMILES string of the molecule is CC1(C)O[C@H]2[C@@H](O1)[C@@](N=[N+]=[N-])(C1NCCS1)O[C@@H]2COCc1ccccc1. The second-order valence-corrected chi connectivity index (χ2v) is 8.54. The Balaban J connectivity index is 1.52. The lowest BCUT2D eigenvalue weighted by Gasteiger charge is -2.34. The quantitative estimate of drug-likeness (QED) is 0.454. The van der Waals surface area contributed by atoms with Gasteiger partial charge in [0.15, 0.2) is 5.79 Å². The van der Waals surface area contributed by atoms with Gasteiger partial charge in [-0.1, -0.05) is 35.4 Å². The first-order chi connectivity index (χ1) is 13.0. The fraction of sp³-hybridized carbons (Fsp3) is 0.667. The Morgan fingerprint density at radius 1 is 1.30 bits per heavy atom. The van der Waals surface area contributed by atoms with E-state index in [1.165, 1.54) is 0 Å². The summed E-state index contributed by atoms with van der Waals surface area (Å²) < 4.78 is 24.4. The highest BCUT2D eigenvalue weighted by atomic mass is 32.2. The molecule has 27 heavy (non-hydrogen) atoms. The minimum absolute atomic E-state index is 0.183. The van der Waals surface area contributed by atoms with Crippen molar-refractivity contribution in [3.8, 4) is 0 Å². The van der Waals surface area contributed by atoms with Gasteiger partial charge in [-0.3, -0.25) is 0 Å². The zero-order valence-electron chi connectivity index (χ0n) is 15.4. The van der Waals surface area contributed by atoms with Gasteiger partial charge in [-0.15, -0.1) is 11.8 Å². The summed E-state index contributed by atoms with van der Waals surface area (Å²) in [5.74, 6) is 0.157. The van der Waals surface area contributed by atoms with E-state index in [1.807, 2.05) is 44.2 Å². The van der Waals surface area contributed by atoms with Crippen LogP contribution in [-0.2, 0) is 25.6 Å². The maximum absolute atomic E-state index is 9.23. The molecule has 146 valence electrons. The topological polar surface area (TPSA) is 97.7 Å². The molecule has 1 N–H and O–H groups in total. The number of hydrogen-bond donors (Lipinski definition) is 1. The van der Waals surface area contributed by atoms with Gasteiger partial charge in [-0.05, 0) is 24.9 Å². The molecule has 9 heteroatoms. The zero-order chi connectivity index (χ0) is 18.9. The van der Waals surface area contributed by atoms with Crippen molar-refractivity contribution in [1.29, 1.82) is 0 Å². The van der Waals surface area contributed by atoms with Gasteiger partial charge >= 0.3 is 0 Å². The van der Waals surface area contributed by atoms with Crippen molar-refractivity contribution in [2.75, 3.05) is 18.9 Å². The summed E-state index contributed by atoms with van der Waals surface area (Å²) >= 11 is 1.67. The minimum Gasteiger partial charge on any atom is -0.374 e. The van der Waals surface area contributed by atoms with Gasteiger partial charge in [0.25, 0.3) is 0 Å². The Bertz CT molecular complexity index is 709. The summed E-state index contributed by atoms with van der Waals surface area (Å²) in [6.07, 6.45) is -1.23. The fourth-order valence-corrected chi connectivity index (χ4v) is 5.04. The monoisotopic (exact) mass is 392 g/mol. The number of hydrogen-bond acceptors (Lipinski definition) is 7. The van der Waals surface area contributed by atoms with Crippen LogP contribution in [0.25, 0.3) is 10.4 Å². The van der Waals surface area contributed by atoms with Gasteiger partial charge in [0.2, 0.25) is 5.72 Å². The number of benzene rings is 1. The van der Waals surface area contributed by atoms with E-state index >= 15 is 0 Å². The summed E-state index contributed by atoms with van der Waals surface area (Å²) in [5, 5.41) is 7.26. The highest BCUT2D eigenvalue weighted by Crippen LogP contribution is 2.49. The lowest BCUT2D eigenvalue weighted by atomic mass is 10.0. The van der Waals surface area contributed by atoms with E-state index in [0.717, 1.165) is 17.9 Å². The van der Waals surface area contributed by atoms with Gasteiger partial charge in [-0.25, -0.2) is 0 Å². The Morgan fingerprint density at radius 2 is 2.11 bits per heavy atom. The molecular weight excluding hydrogens is 368 g/mol. The predicted molar refractivity (Wildman–Crippen MR) is 101 cm³/mol. The van der Waals surface area contributed by atoms with Crippen molar-refractivity contribution in [1.82, 2.24) is 5.32 Å². The van der Waals surface area contributed by atoms with Crippen LogP contribution >= 0.6 is 11.8 Å². The van der Waals surface area contributed by atoms with E-state index in [9.17, 15) is 5.53 Å². The average Bonchev–Trinajstić information content (AvgIpc) is 3.34. The molecule has 1 aromatic carbocycles. The molecule has 3 saturated heterocycles. The lowest BCUT2D eigenvalue weighted by Crippen LogP contribution is -2.53. The molecule has 3 heterocycles. The molecule has 0 aliphatic carbocycles. The molecule has 1 unspecified atom stereocenters. The first-order valence-electron chi connectivity index (χ1n) is 9.10. The first kappa shape index (κ1) is 19.0. The second kappa shape index (κ2) is 7.60. The molecule has 0 amide bonds. The lowest BCUT2D eigenvalue weighted by molar-refractivity contribution is -0.214. The Kier molecular flexibility index (Phi) is 5.35. The van der Waals surface area contributed by atoms with E-state index in [-0.39, 0.29) is 17.6 Å². The van der Waals surface area contributed by atoms with Gasteiger partial charge in [0.05, 0.1) is 18.6 Å². The third-order valence-electron chi connectivity index (χ3n) is 4.93. The third kappa shape index (κ3) is 3.69. The van der Waals surface area contributed by atoms with Gasteiger partial charge in [0.1, 0.15) is 18.3 Å². The molecule has 3 aliphatic rings. The Morgan fingerprint density at radius 3 is 2.81 bits per heavy atom. The smallest absolute Gasteiger partial charge is 0.200 e. The van der Waals surface area contributed by atoms with Crippen molar-refractivity contribution >= 4 is 11.8 Å². The van der Waals surface area contributed by atoms with Gasteiger partial charge in [-0.2, -0.15) is 0 Å². The number of fused-ring (bicyclic) bond motifs is 1. The number of thioether (sulfide) groups is 1. The van der Waals surface area contributed by atoms with Gasteiger partial charge in [0, 0.05) is 17.2 Å². The third-order valence-corrected chi connectivity index (χ3v) is 6.21. The molecule has 0 saturated carbocycles. The van der Waals surface area contributed by atoms with Crippen molar-refractivity contribution in [2.45, 2.75) is 55.7 Å². The molecule has 0 bridgehead atoms. The predicted octanol–water partition coefficient (Wildman–Crippen LogP) is 2.79. The largest absolute Gasteiger partial charge is 0.374 e. The number of nitrogens with one attached hydrogen (secondary N) is 1. The number of ether oxygens (including phenoxy) is 4. The van der Waals surface area contributed by atoms with E-state index in [1.54, 1.807) is 11.8 Å². The first-order valence-corrected chi connectivity index (χ1v) is 10.2. The van der Waals surface area contributed by atoms with Crippen LogP contribution in [0.15, 0.2) is 35.4 Å². The van der Waals surface area contributed by atoms with Crippen molar-refractivity contribution in [2.24, 2.45) is 5.11 Å². The zero-order valence-corrected chi connectivity index (χ0v) is 16.2.